The summed E-state index contributed by atoms with van der Waals surface area (Å²) >= 11 is 0. The van der Waals surface area contributed by atoms with Crippen LogP contribution in [-0.4, -0.2) is 12.5 Å². The largest absolute Gasteiger partial charge is 0.418 e. The van der Waals surface area contributed by atoms with Crippen LogP contribution in [0.2, 0.25) is 0 Å². The van der Waals surface area contributed by atoms with E-state index >= 15 is 0 Å². The lowest BCUT2D eigenvalue weighted by molar-refractivity contribution is -0.137. The minimum Gasteiger partial charge on any atom is -0.384 e. The lowest BCUT2D eigenvalue weighted by atomic mass is 10.1. The summed E-state index contributed by atoms with van der Waals surface area (Å²) in [5.41, 5.74) is 2.06. The molecule has 24 heavy (non-hydrogen) atoms. The fourth-order valence-corrected chi connectivity index (χ4v) is 2.31. The number of hydrogen-bond donors (Lipinski definition) is 2. The van der Waals surface area contributed by atoms with Gasteiger partial charge in [-0.1, -0.05) is 24.3 Å². The van der Waals surface area contributed by atoms with Gasteiger partial charge in [0.2, 0.25) is 5.91 Å². The number of alkyl halides is 3. The maximum atomic E-state index is 12.9. The SMILES string of the molecule is Cc1cccc(NCCC(=O)Nc2ccccc2C(F)(F)F)c1C. The highest BCUT2D eigenvalue weighted by Crippen LogP contribution is 2.34. The maximum absolute atomic E-state index is 12.9. The van der Waals surface area contributed by atoms with E-state index in [2.05, 4.69) is 10.6 Å². The van der Waals surface area contributed by atoms with Crippen molar-refractivity contribution in [2.75, 3.05) is 17.2 Å². The monoisotopic (exact) mass is 336 g/mol. The third kappa shape index (κ3) is 4.50. The van der Waals surface area contributed by atoms with Gasteiger partial charge >= 0.3 is 6.18 Å². The van der Waals surface area contributed by atoms with Gasteiger partial charge in [-0.25, -0.2) is 0 Å². The van der Waals surface area contributed by atoms with Crippen molar-refractivity contribution in [3.63, 3.8) is 0 Å². The lowest BCUT2D eigenvalue weighted by Gasteiger charge is -2.14. The van der Waals surface area contributed by atoms with Gasteiger partial charge in [0.05, 0.1) is 11.3 Å². The van der Waals surface area contributed by atoms with Gasteiger partial charge in [0.25, 0.3) is 0 Å². The number of anilines is 2. The van der Waals surface area contributed by atoms with Gasteiger partial charge in [0.15, 0.2) is 0 Å². The smallest absolute Gasteiger partial charge is 0.384 e. The molecule has 0 spiro atoms. The van der Waals surface area contributed by atoms with Crippen LogP contribution < -0.4 is 10.6 Å². The Morgan fingerprint density at radius 3 is 2.38 bits per heavy atom. The molecule has 128 valence electrons. The van der Waals surface area contributed by atoms with Crippen molar-refractivity contribution in [1.29, 1.82) is 0 Å². The average molecular weight is 336 g/mol. The van der Waals surface area contributed by atoms with Crippen LogP contribution in [0.15, 0.2) is 42.5 Å². The highest BCUT2D eigenvalue weighted by molar-refractivity contribution is 5.91. The molecule has 0 unspecified atom stereocenters. The molecule has 3 nitrogen and oxygen atoms in total. The van der Waals surface area contributed by atoms with Crippen LogP contribution in [-0.2, 0) is 11.0 Å². The van der Waals surface area contributed by atoms with Crippen molar-refractivity contribution in [3.8, 4) is 0 Å². The third-order valence-corrected chi connectivity index (χ3v) is 3.78. The molecule has 0 aliphatic carbocycles. The minimum absolute atomic E-state index is 0.0690. The van der Waals surface area contributed by atoms with Gasteiger partial charge in [-0.05, 0) is 43.2 Å². The van der Waals surface area contributed by atoms with Crippen LogP contribution in [0.4, 0.5) is 24.5 Å². The van der Waals surface area contributed by atoms with Gasteiger partial charge in [-0.15, -0.1) is 0 Å². The van der Waals surface area contributed by atoms with Gasteiger partial charge in [0, 0.05) is 18.7 Å². The highest BCUT2D eigenvalue weighted by atomic mass is 19.4. The Hall–Kier alpha value is -2.50. The van der Waals surface area contributed by atoms with E-state index in [9.17, 15) is 18.0 Å². The molecule has 2 rings (SSSR count). The van der Waals surface area contributed by atoms with E-state index in [-0.39, 0.29) is 12.1 Å². The number of benzene rings is 2. The Morgan fingerprint density at radius 1 is 1.00 bits per heavy atom. The van der Waals surface area contributed by atoms with E-state index < -0.39 is 17.6 Å². The van der Waals surface area contributed by atoms with E-state index in [1.54, 1.807) is 0 Å². The van der Waals surface area contributed by atoms with Crippen LogP contribution in [0.5, 0.6) is 0 Å². The molecule has 0 fully saturated rings. The second-order valence-corrected chi connectivity index (χ2v) is 5.52. The van der Waals surface area contributed by atoms with Crippen LogP contribution >= 0.6 is 0 Å². The summed E-state index contributed by atoms with van der Waals surface area (Å²) in [6, 6.07) is 10.7. The lowest BCUT2D eigenvalue weighted by Crippen LogP contribution is -2.19. The standard InChI is InChI=1S/C18H19F3N2O/c1-12-6-5-9-15(13(12)2)22-11-10-17(24)23-16-8-4-3-7-14(16)18(19,20)21/h3-9,22H,10-11H2,1-2H3,(H,23,24). The van der Waals surface area contributed by atoms with Crippen LogP contribution in [0, 0.1) is 13.8 Å². The number of carbonyl (C=O) groups excluding carboxylic acids is 1. The molecule has 0 heterocycles. The number of carbonyl (C=O) groups is 1. The first-order valence-corrected chi connectivity index (χ1v) is 7.55. The Morgan fingerprint density at radius 2 is 1.67 bits per heavy atom. The molecule has 1 amide bonds. The second-order valence-electron chi connectivity index (χ2n) is 5.52. The zero-order chi connectivity index (χ0) is 17.7. The number of aryl methyl sites for hydroxylation is 1. The molecule has 0 bridgehead atoms. The predicted octanol–water partition coefficient (Wildman–Crippen LogP) is 4.76. The van der Waals surface area contributed by atoms with Crippen molar-refractivity contribution in [2.45, 2.75) is 26.4 Å². The zero-order valence-electron chi connectivity index (χ0n) is 13.5. The number of halogens is 3. The summed E-state index contributed by atoms with van der Waals surface area (Å²) in [7, 11) is 0. The summed E-state index contributed by atoms with van der Waals surface area (Å²) in [4.78, 5) is 11.9. The van der Waals surface area contributed by atoms with E-state index in [1.165, 1.54) is 18.2 Å². The number of hydrogen-bond acceptors (Lipinski definition) is 2. The Balaban J connectivity index is 1.94. The van der Waals surface area contributed by atoms with Gasteiger partial charge in [-0.2, -0.15) is 13.2 Å². The van der Waals surface area contributed by atoms with Gasteiger partial charge < -0.3 is 10.6 Å². The number of para-hydroxylation sites is 1. The molecular weight excluding hydrogens is 317 g/mol. The van der Waals surface area contributed by atoms with E-state index in [4.69, 9.17) is 0 Å². The molecule has 0 aliphatic rings. The Bertz CT molecular complexity index is 726. The molecule has 6 heteroatoms. The molecule has 0 radical (unpaired) electrons. The first-order valence-electron chi connectivity index (χ1n) is 7.55. The van der Waals surface area contributed by atoms with Crippen LogP contribution in [0.3, 0.4) is 0 Å². The quantitative estimate of drug-likeness (QED) is 0.826. The zero-order valence-corrected chi connectivity index (χ0v) is 13.5. The molecule has 2 aromatic carbocycles. The first kappa shape index (κ1) is 17.8. The van der Waals surface area contributed by atoms with Gasteiger partial charge in [0.1, 0.15) is 0 Å². The van der Waals surface area contributed by atoms with Crippen molar-refractivity contribution in [2.24, 2.45) is 0 Å². The number of amides is 1. The highest BCUT2D eigenvalue weighted by Gasteiger charge is 2.33. The first-order chi connectivity index (χ1) is 11.3. The summed E-state index contributed by atoms with van der Waals surface area (Å²) in [6.07, 6.45) is -4.43. The molecule has 0 aliphatic heterocycles. The van der Waals surface area contributed by atoms with E-state index in [0.29, 0.717) is 6.54 Å². The molecule has 2 aromatic rings. The third-order valence-electron chi connectivity index (χ3n) is 3.78. The van der Waals surface area contributed by atoms with Crippen molar-refractivity contribution in [1.82, 2.24) is 0 Å². The molecule has 0 atom stereocenters. The topological polar surface area (TPSA) is 41.1 Å². The van der Waals surface area contributed by atoms with Crippen molar-refractivity contribution >= 4 is 17.3 Å². The van der Waals surface area contributed by atoms with Gasteiger partial charge in [-0.3, -0.25) is 4.79 Å². The van der Waals surface area contributed by atoms with E-state index in [1.807, 2.05) is 32.0 Å². The van der Waals surface area contributed by atoms with Crippen molar-refractivity contribution < 1.29 is 18.0 Å². The van der Waals surface area contributed by atoms with Crippen LogP contribution in [0.1, 0.15) is 23.1 Å². The molecule has 2 N–H and O–H groups in total. The molecular formula is C18H19F3N2O. The molecule has 0 saturated heterocycles. The van der Waals surface area contributed by atoms with Crippen molar-refractivity contribution in [3.05, 3.63) is 59.2 Å². The minimum atomic E-state index is -4.50. The average Bonchev–Trinajstić information content (AvgIpc) is 2.51. The summed E-state index contributed by atoms with van der Waals surface area (Å²) < 4.78 is 38.7. The normalized spacial score (nSPS) is 11.2. The fraction of sp³-hybridized carbons (Fsp3) is 0.278. The number of rotatable bonds is 5. The summed E-state index contributed by atoms with van der Waals surface area (Å²) in [5, 5.41) is 5.46. The molecule has 0 aromatic heterocycles. The maximum Gasteiger partial charge on any atom is 0.418 e. The summed E-state index contributed by atoms with van der Waals surface area (Å²) in [5.74, 6) is -0.468. The number of nitrogens with one attached hydrogen (secondary N) is 2. The predicted molar refractivity (Wildman–Crippen MR) is 89.1 cm³/mol. The fourth-order valence-electron chi connectivity index (χ4n) is 2.31. The van der Waals surface area contributed by atoms with E-state index in [0.717, 1.165) is 22.9 Å². The molecule has 0 saturated carbocycles. The second kappa shape index (κ2) is 7.38. The Kier molecular flexibility index (Phi) is 5.49. The summed E-state index contributed by atoms with van der Waals surface area (Å²) in [6.45, 7) is 4.29. The Labute approximate surface area is 138 Å². The van der Waals surface area contributed by atoms with Crippen LogP contribution in [0.25, 0.3) is 0 Å².